The van der Waals surface area contributed by atoms with E-state index in [4.69, 9.17) is 19.9 Å². The highest BCUT2D eigenvalue weighted by molar-refractivity contribution is 5.52. The van der Waals surface area contributed by atoms with Gasteiger partial charge in [-0.3, -0.25) is 0 Å². The Morgan fingerprint density at radius 3 is 1.67 bits per heavy atom. The normalized spacial score (nSPS) is 13.8. The molecule has 21 heavy (non-hydrogen) atoms. The fraction of sp³-hybridized carbons (Fsp3) is 0.500. The molecule has 0 aliphatic carbocycles. The molecule has 0 aromatic heterocycles. The van der Waals surface area contributed by atoms with Gasteiger partial charge in [0.15, 0.2) is 11.5 Å². The minimum atomic E-state index is -5.79. The lowest BCUT2D eigenvalue weighted by Gasteiger charge is -2.27. The molecule has 0 amide bonds. The predicted octanol–water partition coefficient (Wildman–Crippen LogP) is 2.91. The highest BCUT2D eigenvalue weighted by atomic mass is 19.4. The van der Waals surface area contributed by atoms with Gasteiger partial charge >= 0.3 is 12.1 Å². The van der Waals surface area contributed by atoms with Crippen LogP contribution in [-0.2, 0) is 0 Å². The van der Waals surface area contributed by atoms with E-state index in [0.29, 0.717) is 0 Å². The Morgan fingerprint density at radius 2 is 1.29 bits per heavy atom. The second kappa shape index (κ2) is 5.92. The molecule has 1 aromatic rings. The summed E-state index contributed by atoms with van der Waals surface area (Å²) in [5, 5.41) is 0. The Hall–Kier alpha value is -1.77. The number of rotatable bonds is 5. The van der Waals surface area contributed by atoms with Gasteiger partial charge < -0.3 is 19.9 Å². The second-order valence-corrected chi connectivity index (χ2v) is 4.05. The van der Waals surface area contributed by atoms with E-state index < -0.39 is 23.7 Å². The zero-order valence-electron chi connectivity index (χ0n) is 11.4. The maximum atomic E-state index is 13.4. The average Bonchev–Trinajstić information content (AvgIpc) is 2.43. The van der Waals surface area contributed by atoms with E-state index in [-0.39, 0.29) is 17.2 Å². The van der Waals surface area contributed by atoms with Crippen molar-refractivity contribution in [1.29, 1.82) is 0 Å². The summed E-state index contributed by atoms with van der Waals surface area (Å²) in [5.41, 5.74) is 4.56. The van der Waals surface area contributed by atoms with Crippen LogP contribution in [0.1, 0.15) is 11.6 Å². The smallest absolute Gasteiger partial charge is 0.455 e. The Morgan fingerprint density at radius 1 is 0.857 bits per heavy atom. The Balaban J connectivity index is 3.41. The van der Waals surface area contributed by atoms with Crippen LogP contribution in [0.4, 0.5) is 22.0 Å². The van der Waals surface area contributed by atoms with Gasteiger partial charge in [0.25, 0.3) is 0 Å². The van der Waals surface area contributed by atoms with E-state index in [1.54, 1.807) is 0 Å². The maximum absolute atomic E-state index is 13.4. The Kier molecular flexibility index (Phi) is 4.87. The summed E-state index contributed by atoms with van der Waals surface area (Å²) < 4.78 is 78.5. The number of hydrogen-bond acceptors (Lipinski definition) is 4. The molecule has 0 radical (unpaired) electrons. The van der Waals surface area contributed by atoms with Crippen molar-refractivity contribution in [2.75, 3.05) is 21.3 Å². The van der Waals surface area contributed by atoms with Gasteiger partial charge in [0.1, 0.15) is 11.8 Å². The van der Waals surface area contributed by atoms with Crippen LogP contribution in [0.5, 0.6) is 17.2 Å². The summed E-state index contributed by atoms with van der Waals surface area (Å²) in [4.78, 5) is 0. The van der Waals surface area contributed by atoms with Crippen molar-refractivity contribution in [2.24, 2.45) is 5.73 Å². The molecule has 0 heterocycles. The van der Waals surface area contributed by atoms with Crippen LogP contribution in [0.2, 0.25) is 0 Å². The van der Waals surface area contributed by atoms with Crippen molar-refractivity contribution >= 4 is 0 Å². The van der Waals surface area contributed by atoms with E-state index in [2.05, 4.69) is 0 Å². The highest BCUT2D eigenvalue weighted by Gasteiger charge is 2.62. The standard InChI is InChI=1S/C12H14F5NO3/c1-19-7-5-9(21-3)8(20-2)4-6(7)10(18)11(13,14)12(15,16)17/h4-5,10H,18H2,1-3H3/t10-/m1/s1. The molecule has 0 fully saturated rings. The number of methoxy groups -OCH3 is 3. The number of halogens is 5. The summed E-state index contributed by atoms with van der Waals surface area (Å²) in [6.45, 7) is 0. The molecular formula is C12H14F5NO3. The number of ether oxygens (including phenoxy) is 3. The highest BCUT2D eigenvalue weighted by Crippen LogP contribution is 2.47. The average molecular weight is 315 g/mol. The SMILES string of the molecule is COc1cc(OC)c([C@@H](N)C(F)(F)C(F)(F)F)cc1OC. The van der Waals surface area contributed by atoms with Crippen molar-refractivity contribution in [1.82, 2.24) is 0 Å². The predicted molar refractivity (Wildman–Crippen MR) is 64.0 cm³/mol. The first kappa shape index (κ1) is 17.3. The summed E-state index contributed by atoms with van der Waals surface area (Å²) in [6, 6.07) is -0.588. The molecule has 9 heteroatoms. The molecule has 0 aliphatic rings. The van der Waals surface area contributed by atoms with E-state index in [1.165, 1.54) is 14.2 Å². The fourth-order valence-corrected chi connectivity index (χ4v) is 1.67. The zero-order chi connectivity index (χ0) is 16.4. The number of nitrogens with two attached hydrogens (primary N) is 1. The summed E-state index contributed by atoms with van der Waals surface area (Å²) in [7, 11) is 3.60. The quantitative estimate of drug-likeness (QED) is 0.849. The number of alkyl halides is 5. The molecule has 0 saturated carbocycles. The van der Waals surface area contributed by atoms with Crippen LogP contribution in [0.3, 0.4) is 0 Å². The van der Waals surface area contributed by atoms with Crippen molar-refractivity contribution in [2.45, 2.75) is 18.1 Å². The van der Waals surface area contributed by atoms with Crippen molar-refractivity contribution in [3.05, 3.63) is 17.7 Å². The lowest BCUT2D eigenvalue weighted by atomic mass is 9.99. The third kappa shape index (κ3) is 3.12. The van der Waals surface area contributed by atoms with E-state index in [1.807, 2.05) is 0 Å². The van der Waals surface area contributed by atoms with Gasteiger partial charge in [-0.15, -0.1) is 0 Å². The zero-order valence-corrected chi connectivity index (χ0v) is 11.4. The largest absolute Gasteiger partial charge is 0.496 e. The van der Waals surface area contributed by atoms with Gasteiger partial charge in [0, 0.05) is 11.6 Å². The maximum Gasteiger partial charge on any atom is 0.455 e. The topological polar surface area (TPSA) is 53.7 Å². The first-order chi connectivity index (χ1) is 9.60. The van der Waals surface area contributed by atoms with Gasteiger partial charge in [0.2, 0.25) is 0 Å². The van der Waals surface area contributed by atoms with Crippen LogP contribution in [-0.4, -0.2) is 33.4 Å². The summed E-state index contributed by atoms with van der Waals surface area (Å²) >= 11 is 0. The van der Waals surface area contributed by atoms with Crippen molar-refractivity contribution < 1.29 is 36.2 Å². The van der Waals surface area contributed by atoms with Crippen molar-refractivity contribution in [3.63, 3.8) is 0 Å². The third-order valence-electron chi connectivity index (χ3n) is 2.84. The molecule has 1 aromatic carbocycles. The molecule has 0 saturated heterocycles. The molecule has 0 aliphatic heterocycles. The number of benzene rings is 1. The van der Waals surface area contributed by atoms with Crippen LogP contribution in [0, 0.1) is 0 Å². The first-order valence-electron chi connectivity index (χ1n) is 5.60. The summed E-state index contributed by atoms with van der Waals surface area (Å²) in [6.07, 6.45) is -5.79. The van der Waals surface area contributed by atoms with Crippen LogP contribution in [0.15, 0.2) is 12.1 Å². The molecule has 0 bridgehead atoms. The molecule has 1 rings (SSSR count). The van der Waals surface area contributed by atoms with Gasteiger partial charge in [0.05, 0.1) is 21.3 Å². The minimum absolute atomic E-state index is 0.0401. The van der Waals surface area contributed by atoms with Gasteiger partial charge in [-0.25, -0.2) is 0 Å². The summed E-state index contributed by atoms with van der Waals surface area (Å²) in [5.74, 6) is -5.31. The molecule has 4 nitrogen and oxygen atoms in total. The van der Waals surface area contributed by atoms with Gasteiger partial charge in [-0.05, 0) is 6.07 Å². The van der Waals surface area contributed by atoms with Crippen LogP contribution in [0.25, 0.3) is 0 Å². The molecule has 1 atom stereocenters. The fourth-order valence-electron chi connectivity index (χ4n) is 1.67. The van der Waals surface area contributed by atoms with Crippen LogP contribution >= 0.6 is 0 Å². The molecule has 2 N–H and O–H groups in total. The molecule has 0 spiro atoms. The lowest BCUT2D eigenvalue weighted by molar-refractivity contribution is -0.291. The molecular weight excluding hydrogens is 301 g/mol. The lowest BCUT2D eigenvalue weighted by Crippen LogP contribution is -2.46. The first-order valence-corrected chi connectivity index (χ1v) is 5.60. The molecule has 120 valence electrons. The Labute approximate surface area is 117 Å². The minimum Gasteiger partial charge on any atom is -0.496 e. The van der Waals surface area contributed by atoms with Crippen molar-refractivity contribution in [3.8, 4) is 17.2 Å². The third-order valence-corrected chi connectivity index (χ3v) is 2.84. The van der Waals surface area contributed by atoms with Crippen LogP contribution < -0.4 is 19.9 Å². The van der Waals surface area contributed by atoms with Gasteiger partial charge in [-0.2, -0.15) is 22.0 Å². The second-order valence-electron chi connectivity index (χ2n) is 4.05. The van der Waals surface area contributed by atoms with Gasteiger partial charge in [-0.1, -0.05) is 0 Å². The molecule has 0 unspecified atom stereocenters. The number of hydrogen-bond donors (Lipinski definition) is 1. The Bertz CT molecular complexity index is 504. The van der Waals surface area contributed by atoms with E-state index >= 15 is 0 Å². The van der Waals surface area contributed by atoms with E-state index in [9.17, 15) is 22.0 Å². The van der Waals surface area contributed by atoms with E-state index in [0.717, 1.165) is 19.2 Å². The monoisotopic (exact) mass is 315 g/mol.